The van der Waals surface area contributed by atoms with Crippen molar-refractivity contribution < 1.29 is 4.74 Å². The van der Waals surface area contributed by atoms with Crippen LogP contribution in [0.15, 0.2) is 49.8 Å². The Hall–Kier alpha value is 0.160. The SMILES string of the molecule is COc1ccc(C(Br)c2ccc(Br)cc2Br)c(Br)c1. The largest absolute Gasteiger partial charge is 0.497 e. The van der Waals surface area contributed by atoms with Crippen LogP contribution in [0, 0.1) is 0 Å². The summed E-state index contributed by atoms with van der Waals surface area (Å²) in [6.45, 7) is 0. The van der Waals surface area contributed by atoms with Crippen molar-refractivity contribution in [3.8, 4) is 5.75 Å². The molecule has 1 atom stereocenters. The van der Waals surface area contributed by atoms with E-state index in [1.807, 2.05) is 24.3 Å². The van der Waals surface area contributed by atoms with Crippen molar-refractivity contribution in [3.63, 3.8) is 0 Å². The third kappa shape index (κ3) is 3.63. The third-order valence-corrected chi connectivity index (χ3v) is 5.57. The summed E-state index contributed by atoms with van der Waals surface area (Å²) in [5, 5.41) is 0. The monoisotopic (exact) mass is 510 g/mol. The number of ether oxygens (including phenoxy) is 1. The highest BCUT2D eigenvalue weighted by Crippen LogP contribution is 2.40. The van der Waals surface area contributed by atoms with E-state index >= 15 is 0 Å². The van der Waals surface area contributed by atoms with Crippen LogP contribution >= 0.6 is 63.7 Å². The van der Waals surface area contributed by atoms with Gasteiger partial charge in [-0.2, -0.15) is 0 Å². The van der Waals surface area contributed by atoms with Crippen molar-refractivity contribution in [2.24, 2.45) is 0 Å². The molecule has 2 aromatic carbocycles. The van der Waals surface area contributed by atoms with Gasteiger partial charge in [-0.3, -0.25) is 0 Å². The van der Waals surface area contributed by atoms with E-state index in [-0.39, 0.29) is 4.83 Å². The van der Waals surface area contributed by atoms with Gasteiger partial charge in [0.2, 0.25) is 0 Å². The zero-order chi connectivity index (χ0) is 14.0. The Morgan fingerprint density at radius 3 is 2.00 bits per heavy atom. The highest BCUT2D eigenvalue weighted by atomic mass is 79.9. The second kappa shape index (κ2) is 6.74. The summed E-state index contributed by atoms with van der Waals surface area (Å²) in [6.07, 6.45) is 0. The Balaban J connectivity index is 2.41. The molecule has 2 rings (SSSR count). The first-order valence-electron chi connectivity index (χ1n) is 5.45. The highest BCUT2D eigenvalue weighted by molar-refractivity contribution is 9.11. The zero-order valence-corrected chi connectivity index (χ0v) is 16.3. The van der Waals surface area contributed by atoms with Gasteiger partial charge in [0.1, 0.15) is 5.75 Å². The standard InChI is InChI=1S/C14H10Br4O/c1-19-9-3-5-11(13(17)7-9)14(18)10-4-2-8(15)6-12(10)16/h2-7,14H,1H3. The number of halogens is 4. The second-order valence-corrected chi connectivity index (χ2v) is 7.46. The lowest BCUT2D eigenvalue weighted by atomic mass is 10.0. The average molecular weight is 514 g/mol. The highest BCUT2D eigenvalue weighted by Gasteiger charge is 2.16. The van der Waals surface area contributed by atoms with Crippen LogP contribution < -0.4 is 4.74 Å². The molecule has 19 heavy (non-hydrogen) atoms. The molecule has 0 aromatic heterocycles. The molecule has 0 N–H and O–H groups in total. The minimum Gasteiger partial charge on any atom is -0.497 e. The first kappa shape index (κ1) is 15.5. The summed E-state index contributed by atoms with van der Waals surface area (Å²) >= 11 is 14.4. The van der Waals surface area contributed by atoms with Crippen LogP contribution in [-0.4, -0.2) is 7.11 Å². The molecule has 0 spiro atoms. The smallest absolute Gasteiger partial charge is 0.120 e. The van der Waals surface area contributed by atoms with Crippen molar-refractivity contribution >= 4 is 63.7 Å². The molecule has 0 aliphatic rings. The fourth-order valence-electron chi connectivity index (χ4n) is 1.71. The molecular weight excluding hydrogens is 504 g/mol. The minimum absolute atomic E-state index is 0.107. The number of hydrogen-bond donors (Lipinski definition) is 0. The number of hydrogen-bond acceptors (Lipinski definition) is 1. The topological polar surface area (TPSA) is 9.23 Å². The second-order valence-electron chi connectivity index (χ2n) is 3.92. The van der Waals surface area contributed by atoms with Gasteiger partial charge in [0.25, 0.3) is 0 Å². The lowest BCUT2D eigenvalue weighted by Gasteiger charge is -2.15. The Morgan fingerprint density at radius 2 is 1.47 bits per heavy atom. The first-order valence-corrected chi connectivity index (χ1v) is 8.75. The van der Waals surface area contributed by atoms with Gasteiger partial charge in [0.15, 0.2) is 0 Å². The fraction of sp³-hybridized carbons (Fsp3) is 0.143. The molecule has 0 saturated heterocycles. The van der Waals surface area contributed by atoms with Crippen molar-refractivity contribution in [1.29, 1.82) is 0 Å². The van der Waals surface area contributed by atoms with E-state index < -0.39 is 0 Å². The lowest BCUT2D eigenvalue weighted by molar-refractivity contribution is 0.414. The molecule has 0 radical (unpaired) electrons. The van der Waals surface area contributed by atoms with Gasteiger partial charge in [-0.15, -0.1) is 0 Å². The molecule has 0 aliphatic carbocycles. The molecule has 0 aliphatic heterocycles. The number of benzene rings is 2. The van der Waals surface area contributed by atoms with Gasteiger partial charge in [-0.1, -0.05) is 75.9 Å². The Labute approximate surface area is 146 Å². The molecule has 1 nitrogen and oxygen atoms in total. The molecule has 0 saturated carbocycles. The maximum atomic E-state index is 5.21. The first-order chi connectivity index (χ1) is 9.02. The number of rotatable bonds is 3. The summed E-state index contributed by atoms with van der Waals surface area (Å²) in [7, 11) is 1.67. The van der Waals surface area contributed by atoms with Crippen LogP contribution in [0.25, 0.3) is 0 Å². The maximum Gasteiger partial charge on any atom is 0.120 e. The van der Waals surface area contributed by atoms with Crippen LogP contribution in [0.4, 0.5) is 0 Å². The number of methoxy groups -OCH3 is 1. The van der Waals surface area contributed by atoms with Crippen molar-refractivity contribution in [2.75, 3.05) is 7.11 Å². The summed E-state index contributed by atoms with van der Waals surface area (Å²) in [4.78, 5) is 0.107. The Kier molecular flexibility index (Phi) is 5.52. The molecule has 100 valence electrons. The predicted octanol–water partition coefficient (Wildman–Crippen LogP) is 6.47. The Bertz CT molecular complexity index is 598. The molecule has 0 bridgehead atoms. The van der Waals surface area contributed by atoms with E-state index in [1.165, 1.54) is 5.56 Å². The van der Waals surface area contributed by atoms with Gasteiger partial charge in [0, 0.05) is 13.4 Å². The van der Waals surface area contributed by atoms with Crippen molar-refractivity contribution in [1.82, 2.24) is 0 Å². The van der Waals surface area contributed by atoms with Gasteiger partial charge in [-0.25, -0.2) is 0 Å². The maximum absolute atomic E-state index is 5.21. The Morgan fingerprint density at radius 1 is 0.895 bits per heavy atom. The number of alkyl halides is 1. The van der Waals surface area contributed by atoms with E-state index in [0.717, 1.165) is 24.7 Å². The predicted molar refractivity (Wildman–Crippen MR) is 93.3 cm³/mol. The van der Waals surface area contributed by atoms with E-state index in [0.29, 0.717) is 0 Å². The molecular formula is C14H10Br4O. The average Bonchev–Trinajstić information content (AvgIpc) is 2.37. The van der Waals surface area contributed by atoms with Crippen molar-refractivity contribution in [3.05, 3.63) is 60.9 Å². The van der Waals surface area contributed by atoms with Gasteiger partial charge >= 0.3 is 0 Å². The fourth-order valence-corrected chi connectivity index (χ4v) is 4.99. The quantitative estimate of drug-likeness (QED) is 0.428. The third-order valence-electron chi connectivity index (χ3n) is 2.72. The van der Waals surface area contributed by atoms with Crippen LogP contribution in [-0.2, 0) is 0 Å². The summed E-state index contributed by atoms with van der Waals surface area (Å²) < 4.78 is 8.35. The van der Waals surface area contributed by atoms with Gasteiger partial charge < -0.3 is 4.74 Å². The van der Waals surface area contributed by atoms with Gasteiger partial charge in [-0.05, 0) is 35.4 Å². The van der Waals surface area contributed by atoms with Crippen LogP contribution in [0.5, 0.6) is 5.75 Å². The molecule has 1 unspecified atom stereocenters. The molecule has 0 amide bonds. The lowest BCUT2D eigenvalue weighted by Crippen LogP contribution is -1.96. The molecule has 0 heterocycles. The molecule has 2 aromatic rings. The van der Waals surface area contributed by atoms with E-state index in [9.17, 15) is 0 Å². The van der Waals surface area contributed by atoms with E-state index in [4.69, 9.17) is 4.74 Å². The van der Waals surface area contributed by atoms with E-state index in [1.54, 1.807) is 7.11 Å². The van der Waals surface area contributed by atoms with Crippen LogP contribution in [0.1, 0.15) is 16.0 Å². The van der Waals surface area contributed by atoms with Crippen molar-refractivity contribution in [2.45, 2.75) is 4.83 Å². The molecule has 0 fully saturated rings. The molecule has 5 heteroatoms. The van der Waals surface area contributed by atoms with E-state index in [2.05, 4.69) is 75.9 Å². The van der Waals surface area contributed by atoms with Gasteiger partial charge in [0.05, 0.1) is 11.9 Å². The summed E-state index contributed by atoms with van der Waals surface area (Å²) in [5.41, 5.74) is 2.33. The summed E-state index contributed by atoms with van der Waals surface area (Å²) in [6, 6.07) is 12.1. The van der Waals surface area contributed by atoms with Crippen LogP contribution in [0.2, 0.25) is 0 Å². The summed E-state index contributed by atoms with van der Waals surface area (Å²) in [5.74, 6) is 0.838. The normalized spacial score (nSPS) is 12.3. The van der Waals surface area contributed by atoms with Crippen LogP contribution in [0.3, 0.4) is 0 Å². The zero-order valence-electron chi connectivity index (χ0n) is 9.96. The minimum atomic E-state index is 0.107.